The quantitative estimate of drug-likeness (QED) is 0.629. The van der Waals surface area contributed by atoms with Crippen LogP contribution in [0.2, 0.25) is 0 Å². The average molecular weight is 411 g/mol. The summed E-state index contributed by atoms with van der Waals surface area (Å²) >= 11 is 0. The largest absolute Gasteiger partial charge is 0.362 e. The number of amides is 2. The van der Waals surface area contributed by atoms with Crippen molar-refractivity contribution in [1.82, 2.24) is 10.3 Å². The molecule has 0 bridgehead atoms. The van der Waals surface area contributed by atoms with Gasteiger partial charge in [-0.05, 0) is 41.8 Å². The maximum atomic E-state index is 12.5. The van der Waals surface area contributed by atoms with Crippen LogP contribution in [0, 0.1) is 11.3 Å². The molecule has 2 heterocycles. The van der Waals surface area contributed by atoms with Gasteiger partial charge >= 0.3 is 11.8 Å². The van der Waals surface area contributed by atoms with Gasteiger partial charge in [0.1, 0.15) is 6.07 Å². The molecule has 0 saturated heterocycles. The lowest BCUT2D eigenvalue weighted by molar-refractivity contribution is -0.136. The van der Waals surface area contributed by atoms with Crippen LogP contribution in [0.4, 0.5) is 11.4 Å². The predicted octanol–water partition coefficient (Wildman–Crippen LogP) is 2.81. The lowest BCUT2D eigenvalue weighted by Crippen LogP contribution is -2.42. The summed E-state index contributed by atoms with van der Waals surface area (Å²) in [5.41, 5.74) is 3.94. The van der Waals surface area contributed by atoms with E-state index in [1.807, 2.05) is 30.3 Å². The monoisotopic (exact) mass is 411 g/mol. The third-order valence-electron chi connectivity index (χ3n) is 5.33. The zero-order valence-corrected chi connectivity index (χ0v) is 16.8. The Morgan fingerprint density at radius 3 is 2.68 bits per heavy atom. The van der Waals surface area contributed by atoms with E-state index in [2.05, 4.69) is 32.7 Å². The fourth-order valence-electron chi connectivity index (χ4n) is 3.81. The number of nitriles is 1. The summed E-state index contributed by atoms with van der Waals surface area (Å²) < 4.78 is 0. The minimum atomic E-state index is -0.811. The second kappa shape index (κ2) is 9.09. The molecule has 1 aliphatic rings. The zero-order valence-electron chi connectivity index (χ0n) is 16.8. The van der Waals surface area contributed by atoms with E-state index in [1.54, 1.807) is 36.7 Å². The molecule has 2 N–H and O–H groups in total. The van der Waals surface area contributed by atoms with E-state index >= 15 is 0 Å². The highest BCUT2D eigenvalue weighted by Gasteiger charge is 2.28. The van der Waals surface area contributed by atoms with E-state index in [0.717, 1.165) is 24.2 Å². The van der Waals surface area contributed by atoms with Crippen molar-refractivity contribution in [3.8, 4) is 6.07 Å². The van der Waals surface area contributed by atoms with E-state index in [-0.39, 0.29) is 12.6 Å². The van der Waals surface area contributed by atoms with Crippen molar-refractivity contribution in [3.05, 3.63) is 89.7 Å². The number of carbonyl (C=O) groups excluding carboxylic acids is 2. The molecule has 7 nitrogen and oxygen atoms in total. The third kappa shape index (κ3) is 4.38. The number of hydrogen-bond acceptors (Lipinski definition) is 5. The van der Waals surface area contributed by atoms with Gasteiger partial charge < -0.3 is 15.5 Å². The van der Waals surface area contributed by atoms with Gasteiger partial charge in [-0.15, -0.1) is 0 Å². The lowest BCUT2D eigenvalue weighted by Gasteiger charge is -2.30. The number of benzene rings is 2. The predicted molar refractivity (Wildman–Crippen MR) is 117 cm³/mol. The van der Waals surface area contributed by atoms with Crippen LogP contribution in [0.3, 0.4) is 0 Å². The molecule has 0 unspecified atom stereocenters. The molecule has 0 saturated carbocycles. The number of rotatable bonds is 5. The van der Waals surface area contributed by atoms with Gasteiger partial charge in [0.15, 0.2) is 0 Å². The second-order valence-corrected chi connectivity index (χ2v) is 7.20. The van der Waals surface area contributed by atoms with Crippen molar-refractivity contribution in [2.45, 2.75) is 12.5 Å². The van der Waals surface area contributed by atoms with Gasteiger partial charge in [-0.25, -0.2) is 0 Å². The normalized spacial score (nSPS) is 13.1. The highest BCUT2D eigenvalue weighted by atomic mass is 16.2. The van der Waals surface area contributed by atoms with Crippen LogP contribution in [0.25, 0.3) is 0 Å². The highest BCUT2D eigenvalue weighted by molar-refractivity contribution is 6.39. The van der Waals surface area contributed by atoms with E-state index < -0.39 is 11.8 Å². The maximum absolute atomic E-state index is 12.5. The molecule has 1 aromatic heterocycles. The summed E-state index contributed by atoms with van der Waals surface area (Å²) in [6.45, 7) is 1.06. The van der Waals surface area contributed by atoms with Crippen molar-refractivity contribution in [3.63, 3.8) is 0 Å². The number of pyridine rings is 1. The summed E-state index contributed by atoms with van der Waals surface area (Å²) in [6, 6.07) is 20.4. The van der Waals surface area contributed by atoms with Crippen molar-refractivity contribution in [1.29, 1.82) is 5.26 Å². The van der Waals surface area contributed by atoms with Crippen LogP contribution in [0.5, 0.6) is 0 Å². The van der Waals surface area contributed by atoms with Gasteiger partial charge in [0.2, 0.25) is 0 Å². The molecule has 0 radical (unpaired) electrons. The van der Waals surface area contributed by atoms with Crippen LogP contribution in [0.15, 0.2) is 73.1 Å². The first kappa shape index (κ1) is 20.1. The van der Waals surface area contributed by atoms with Crippen molar-refractivity contribution < 1.29 is 9.59 Å². The lowest BCUT2D eigenvalue weighted by atomic mass is 10.1. The fourth-order valence-corrected chi connectivity index (χ4v) is 3.81. The molecule has 1 aliphatic heterocycles. The van der Waals surface area contributed by atoms with Gasteiger partial charge in [-0.3, -0.25) is 14.6 Å². The average Bonchev–Trinajstić information content (AvgIpc) is 3.24. The van der Waals surface area contributed by atoms with Gasteiger partial charge in [-0.2, -0.15) is 5.26 Å². The van der Waals surface area contributed by atoms with Crippen molar-refractivity contribution in [2.24, 2.45) is 0 Å². The molecule has 4 rings (SSSR count). The summed E-state index contributed by atoms with van der Waals surface area (Å²) in [6.07, 6.45) is 4.41. The molecule has 7 heteroatoms. The third-order valence-corrected chi connectivity index (χ3v) is 5.33. The number of nitrogens with one attached hydrogen (secondary N) is 2. The topological polar surface area (TPSA) is 98.1 Å². The van der Waals surface area contributed by atoms with E-state index in [1.165, 1.54) is 5.56 Å². The summed E-state index contributed by atoms with van der Waals surface area (Å²) in [7, 11) is 0. The zero-order chi connectivity index (χ0) is 21.6. The minimum Gasteiger partial charge on any atom is -0.362 e. The number of nitrogens with zero attached hydrogens (tertiary/aromatic N) is 3. The van der Waals surface area contributed by atoms with Gasteiger partial charge in [0.05, 0.1) is 17.3 Å². The number of para-hydroxylation sites is 2. The van der Waals surface area contributed by atoms with E-state index in [9.17, 15) is 9.59 Å². The van der Waals surface area contributed by atoms with Crippen LogP contribution in [-0.2, 0) is 16.0 Å². The van der Waals surface area contributed by atoms with Crippen LogP contribution in [0.1, 0.15) is 22.7 Å². The first-order valence-electron chi connectivity index (χ1n) is 10.00. The number of fused-ring (bicyclic) bond motifs is 1. The Morgan fingerprint density at radius 2 is 1.87 bits per heavy atom. The Bertz CT molecular complexity index is 1140. The Morgan fingerprint density at radius 1 is 1.06 bits per heavy atom. The molecule has 2 aromatic carbocycles. The Hall–Kier alpha value is -4.18. The Labute approximate surface area is 180 Å². The smallest absolute Gasteiger partial charge is 0.313 e. The fraction of sp³-hybridized carbons (Fsp3) is 0.167. The molecule has 0 aliphatic carbocycles. The second-order valence-electron chi connectivity index (χ2n) is 7.20. The summed E-state index contributed by atoms with van der Waals surface area (Å²) in [5, 5.41) is 14.4. The number of carbonyl (C=O) groups is 2. The van der Waals surface area contributed by atoms with E-state index in [4.69, 9.17) is 5.26 Å². The standard InChI is InChI=1S/C24H21N5O2/c25-14-18-7-1-3-9-20(18)28-24(31)23(30)27-16-22(19-8-5-12-26-15-19)29-13-11-17-6-2-4-10-21(17)29/h1-10,12,15,22H,11,13,16H2,(H,27,30)(H,28,31)/t22-/m0/s1. The van der Waals surface area contributed by atoms with Gasteiger partial charge in [-0.1, -0.05) is 36.4 Å². The van der Waals surface area contributed by atoms with E-state index in [0.29, 0.717) is 11.3 Å². The Kier molecular flexibility index (Phi) is 5.90. The van der Waals surface area contributed by atoms with Crippen LogP contribution < -0.4 is 15.5 Å². The highest BCUT2D eigenvalue weighted by Crippen LogP contribution is 2.34. The summed E-state index contributed by atoms with van der Waals surface area (Å²) in [4.78, 5) is 31.3. The SMILES string of the molecule is N#Cc1ccccc1NC(=O)C(=O)NC[C@@H](c1cccnc1)N1CCc2ccccc21. The number of aromatic nitrogens is 1. The van der Waals surface area contributed by atoms with Gasteiger partial charge in [0, 0.05) is 31.2 Å². The molecule has 2 amide bonds. The molecule has 3 aromatic rings. The molecule has 0 spiro atoms. The maximum Gasteiger partial charge on any atom is 0.313 e. The van der Waals surface area contributed by atoms with Gasteiger partial charge in [0.25, 0.3) is 0 Å². The molecule has 154 valence electrons. The Balaban J connectivity index is 1.49. The first-order valence-corrected chi connectivity index (χ1v) is 10.00. The molecule has 31 heavy (non-hydrogen) atoms. The molecular weight excluding hydrogens is 390 g/mol. The minimum absolute atomic E-state index is 0.166. The van der Waals surface area contributed by atoms with Crippen molar-refractivity contribution in [2.75, 3.05) is 23.3 Å². The molecule has 1 atom stereocenters. The van der Waals surface area contributed by atoms with Crippen molar-refractivity contribution >= 4 is 23.2 Å². The summed E-state index contributed by atoms with van der Waals surface area (Å²) in [5.74, 6) is -1.57. The number of anilines is 2. The van der Waals surface area contributed by atoms with Crippen LogP contribution in [-0.4, -0.2) is 29.9 Å². The number of hydrogen-bond donors (Lipinski definition) is 2. The first-order chi connectivity index (χ1) is 15.2. The molecule has 0 fully saturated rings. The van der Waals surface area contributed by atoms with Crippen LogP contribution >= 0.6 is 0 Å². The molecular formula is C24H21N5O2.